The molecule has 0 saturated carbocycles. The van der Waals surface area contributed by atoms with E-state index in [1.807, 2.05) is 0 Å². The smallest absolute Gasteiger partial charge is 0.256 e. The maximum Gasteiger partial charge on any atom is 0.256 e. The van der Waals surface area contributed by atoms with E-state index in [0.29, 0.717) is 0 Å². The molecule has 60 valence electrons. The molecule has 0 unspecified atom stereocenters. The minimum absolute atomic E-state index is 0.171. The summed E-state index contributed by atoms with van der Waals surface area (Å²) < 4.78 is 24.7. The van der Waals surface area contributed by atoms with Crippen molar-refractivity contribution in [3.05, 3.63) is 34.7 Å². The molecule has 0 radical (unpaired) electrons. The maximum atomic E-state index is 11.7. The highest BCUT2D eigenvalue weighted by Crippen LogP contribution is 1.96. The van der Waals surface area contributed by atoms with Gasteiger partial charge in [-0.1, -0.05) is 0 Å². The van der Waals surface area contributed by atoms with Crippen LogP contribution in [0.1, 0.15) is 0 Å². The van der Waals surface area contributed by atoms with Crippen LogP contribution in [0.5, 0.6) is 0 Å². The minimum atomic E-state index is -2.38. The van der Waals surface area contributed by atoms with E-state index < -0.39 is 6.43 Å². The van der Waals surface area contributed by atoms with Crippen LogP contribution in [0.25, 0.3) is 0 Å². The monoisotopic (exact) mass is 159 g/mol. The summed E-state index contributed by atoms with van der Waals surface area (Å²) >= 11 is 0. The van der Waals surface area contributed by atoms with Crippen LogP contribution in [0.3, 0.4) is 0 Å². The van der Waals surface area contributed by atoms with Gasteiger partial charge in [-0.05, 0) is 0 Å². The Hall–Kier alpha value is -1.19. The molecule has 0 fully saturated rings. The van der Waals surface area contributed by atoms with Crippen LogP contribution in [0, 0.1) is 0 Å². The van der Waals surface area contributed by atoms with E-state index in [9.17, 15) is 13.6 Å². The molecule has 0 aliphatic heterocycles. The molecule has 0 aromatic carbocycles. The van der Waals surface area contributed by atoms with Crippen LogP contribution in [0.2, 0.25) is 0 Å². The number of hydrogen-bond donors (Lipinski definition) is 0. The standard InChI is InChI=1S/C7H7F2NO/c8-7(9)5-10-3-1-6(11)2-4-10/h1-4,7H,5H2. The van der Waals surface area contributed by atoms with Gasteiger partial charge in [0.15, 0.2) is 5.43 Å². The predicted octanol–water partition coefficient (Wildman–Crippen LogP) is 1.11. The average Bonchev–Trinajstić information content (AvgIpc) is 1.93. The zero-order valence-electron chi connectivity index (χ0n) is 5.71. The highest BCUT2D eigenvalue weighted by atomic mass is 19.3. The molecule has 0 aliphatic carbocycles. The summed E-state index contributed by atoms with van der Waals surface area (Å²) in [5.74, 6) is 0. The SMILES string of the molecule is O=c1ccn(CC(F)F)cc1. The van der Waals surface area contributed by atoms with Crippen LogP contribution in [0.4, 0.5) is 8.78 Å². The largest absolute Gasteiger partial charge is 0.348 e. The Balaban J connectivity index is 2.74. The van der Waals surface area contributed by atoms with Gasteiger partial charge in [-0.3, -0.25) is 4.79 Å². The van der Waals surface area contributed by atoms with Crippen LogP contribution in [-0.4, -0.2) is 11.0 Å². The van der Waals surface area contributed by atoms with Crippen molar-refractivity contribution in [1.29, 1.82) is 0 Å². The fourth-order valence-electron chi connectivity index (χ4n) is 0.725. The van der Waals surface area contributed by atoms with E-state index in [4.69, 9.17) is 0 Å². The minimum Gasteiger partial charge on any atom is -0.348 e. The first-order chi connectivity index (χ1) is 5.18. The Kier molecular flexibility index (Phi) is 2.36. The van der Waals surface area contributed by atoms with Crippen molar-refractivity contribution in [2.24, 2.45) is 0 Å². The van der Waals surface area contributed by atoms with Crippen LogP contribution >= 0.6 is 0 Å². The second-order valence-corrected chi connectivity index (χ2v) is 2.12. The van der Waals surface area contributed by atoms with E-state index in [1.165, 1.54) is 29.1 Å². The van der Waals surface area contributed by atoms with Crippen LogP contribution < -0.4 is 5.43 Å². The van der Waals surface area contributed by atoms with Gasteiger partial charge in [-0.25, -0.2) is 8.78 Å². The predicted molar refractivity (Wildman–Crippen MR) is 36.7 cm³/mol. The Morgan fingerprint density at radius 3 is 2.36 bits per heavy atom. The van der Waals surface area contributed by atoms with Gasteiger partial charge in [-0.2, -0.15) is 0 Å². The van der Waals surface area contributed by atoms with Gasteiger partial charge < -0.3 is 4.57 Å². The van der Waals surface area contributed by atoms with Gasteiger partial charge in [0.25, 0.3) is 6.43 Å². The second-order valence-electron chi connectivity index (χ2n) is 2.12. The normalized spacial score (nSPS) is 10.5. The number of alkyl halides is 2. The van der Waals surface area contributed by atoms with Gasteiger partial charge in [0.1, 0.15) is 0 Å². The fourth-order valence-corrected chi connectivity index (χ4v) is 0.725. The highest BCUT2D eigenvalue weighted by Gasteiger charge is 2.00. The first-order valence-corrected chi connectivity index (χ1v) is 3.13. The number of rotatable bonds is 2. The molecule has 0 spiro atoms. The lowest BCUT2D eigenvalue weighted by Gasteiger charge is -2.02. The first-order valence-electron chi connectivity index (χ1n) is 3.13. The third kappa shape index (κ3) is 2.49. The molecule has 0 bridgehead atoms. The molecule has 4 heteroatoms. The van der Waals surface area contributed by atoms with E-state index in [1.54, 1.807) is 0 Å². The lowest BCUT2D eigenvalue weighted by Crippen LogP contribution is -2.08. The molecule has 0 atom stereocenters. The Labute approximate surface area is 62.1 Å². The van der Waals surface area contributed by atoms with Crippen molar-refractivity contribution < 1.29 is 8.78 Å². The molecule has 2 nitrogen and oxygen atoms in total. The molecule has 1 rings (SSSR count). The molecule has 0 N–H and O–H groups in total. The van der Waals surface area contributed by atoms with E-state index in [0.717, 1.165) is 0 Å². The lowest BCUT2D eigenvalue weighted by atomic mass is 10.4. The number of pyridine rings is 1. The topological polar surface area (TPSA) is 22.0 Å². The maximum absolute atomic E-state index is 11.7. The molecule has 1 aromatic rings. The zero-order valence-corrected chi connectivity index (χ0v) is 5.71. The van der Waals surface area contributed by atoms with Crippen molar-refractivity contribution in [1.82, 2.24) is 4.57 Å². The van der Waals surface area contributed by atoms with Crippen molar-refractivity contribution in [3.63, 3.8) is 0 Å². The van der Waals surface area contributed by atoms with Gasteiger partial charge in [0, 0.05) is 24.5 Å². The van der Waals surface area contributed by atoms with E-state index >= 15 is 0 Å². The quantitative estimate of drug-likeness (QED) is 0.633. The zero-order chi connectivity index (χ0) is 8.27. The Bertz CT molecular complexity index is 262. The fraction of sp³-hybridized carbons (Fsp3) is 0.286. The van der Waals surface area contributed by atoms with Crippen molar-refractivity contribution >= 4 is 0 Å². The van der Waals surface area contributed by atoms with Gasteiger partial charge >= 0.3 is 0 Å². The van der Waals surface area contributed by atoms with Crippen LogP contribution in [-0.2, 0) is 6.54 Å². The Morgan fingerprint density at radius 1 is 1.36 bits per heavy atom. The number of aromatic nitrogens is 1. The summed E-state index contributed by atoms with van der Waals surface area (Å²) in [5.41, 5.74) is -0.171. The highest BCUT2D eigenvalue weighted by molar-refractivity contribution is 4.93. The Morgan fingerprint density at radius 2 is 1.91 bits per heavy atom. The molecule has 0 saturated heterocycles. The first kappa shape index (κ1) is 7.91. The molecule has 0 aliphatic rings. The molecule has 0 amide bonds. The van der Waals surface area contributed by atoms with Crippen molar-refractivity contribution in [2.75, 3.05) is 0 Å². The van der Waals surface area contributed by atoms with Gasteiger partial charge in [0.2, 0.25) is 0 Å². The third-order valence-electron chi connectivity index (χ3n) is 1.21. The van der Waals surface area contributed by atoms with E-state index in [-0.39, 0.29) is 12.0 Å². The summed E-state index contributed by atoms with van der Waals surface area (Å²) in [7, 11) is 0. The third-order valence-corrected chi connectivity index (χ3v) is 1.21. The number of halogens is 2. The lowest BCUT2D eigenvalue weighted by molar-refractivity contribution is 0.126. The van der Waals surface area contributed by atoms with Gasteiger partial charge in [-0.15, -0.1) is 0 Å². The van der Waals surface area contributed by atoms with Crippen molar-refractivity contribution in [3.8, 4) is 0 Å². The molecular weight excluding hydrogens is 152 g/mol. The van der Waals surface area contributed by atoms with Gasteiger partial charge in [0.05, 0.1) is 6.54 Å². The number of nitrogens with zero attached hydrogens (tertiary/aromatic N) is 1. The van der Waals surface area contributed by atoms with E-state index in [2.05, 4.69) is 0 Å². The molecule has 1 heterocycles. The molecule has 11 heavy (non-hydrogen) atoms. The number of hydrogen-bond acceptors (Lipinski definition) is 1. The average molecular weight is 159 g/mol. The molecule has 1 aromatic heterocycles. The summed E-state index contributed by atoms with van der Waals surface area (Å²) in [6.07, 6.45) is 0.306. The van der Waals surface area contributed by atoms with Crippen LogP contribution in [0.15, 0.2) is 29.3 Å². The second kappa shape index (κ2) is 3.27. The summed E-state index contributed by atoms with van der Waals surface area (Å²) in [4.78, 5) is 10.5. The summed E-state index contributed by atoms with van der Waals surface area (Å²) in [6, 6.07) is 2.50. The summed E-state index contributed by atoms with van der Waals surface area (Å²) in [6.45, 7) is -0.361. The summed E-state index contributed by atoms with van der Waals surface area (Å²) in [5, 5.41) is 0. The van der Waals surface area contributed by atoms with Crippen molar-refractivity contribution in [2.45, 2.75) is 13.0 Å². The molecular formula is C7H7F2NO.